The lowest BCUT2D eigenvalue weighted by Gasteiger charge is -2.12. The second kappa shape index (κ2) is 6.84. The summed E-state index contributed by atoms with van der Waals surface area (Å²) in [6, 6.07) is 25.4. The lowest BCUT2D eigenvalue weighted by molar-refractivity contribution is 0.602. The first kappa shape index (κ1) is 17.2. The largest absolute Gasteiger partial charge is 0.455 e. The molecule has 0 saturated carbocycles. The van der Waals surface area contributed by atoms with Crippen molar-refractivity contribution in [2.45, 2.75) is 0 Å². The Hall–Kier alpha value is -3.20. The van der Waals surface area contributed by atoms with Gasteiger partial charge in [-0.25, -0.2) is 0 Å². The molecule has 0 spiro atoms. The zero-order chi connectivity index (χ0) is 19.0. The first-order valence-corrected chi connectivity index (χ1v) is 9.11. The molecule has 0 radical (unpaired) electrons. The zero-order valence-electron chi connectivity index (χ0n) is 16.2. The van der Waals surface area contributed by atoms with Gasteiger partial charge in [-0.1, -0.05) is 24.3 Å². The highest BCUT2D eigenvalue weighted by molar-refractivity contribution is 6.02. The highest BCUT2D eigenvalue weighted by Crippen LogP contribution is 2.39. The number of rotatable bonds is 4. The van der Waals surface area contributed by atoms with Gasteiger partial charge in [-0.3, -0.25) is 0 Å². The van der Waals surface area contributed by atoms with Gasteiger partial charge in [0.15, 0.2) is 0 Å². The van der Waals surface area contributed by atoms with Crippen LogP contribution in [0, 0.1) is 0 Å². The normalized spacial score (nSPS) is 11.0. The molecule has 1 aromatic heterocycles. The maximum atomic E-state index is 6.41. The number of anilines is 2. The van der Waals surface area contributed by atoms with Crippen molar-refractivity contribution in [2.24, 2.45) is 0 Å². The third kappa shape index (κ3) is 3.17. The topological polar surface area (TPSA) is 19.6 Å². The highest BCUT2D eigenvalue weighted by Gasteiger charge is 2.16. The Bertz CT molecular complexity index is 972. The van der Waals surface area contributed by atoms with Crippen molar-refractivity contribution in [3.63, 3.8) is 0 Å². The van der Waals surface area contributed by atoms with E-state index >= 15 is 0 Å². The number of hydrogen-bond acceptors (Lipinski definition) is 3. The summed E-state index contributed by atoms with van der Waals surface area (Å²) in [5.74, 6) is 1.84. The lowest BCUT2D eigenvalue weighted by Crippen LogP contribution is -2.07. The van der Waals surface area contributed by atoms with Crippen molar-refractivity contribution in [3.8, 4) is 22.6 Å². The quantitative estimate of drug-likeness (QED) is 0.454. The van der Waals surface area contributed by atoms with Crippen LogP contribution in [0.3, 0.4) is 0 Å². The molecule has 4 aromatic rings. The monoisotopic (exact) mass is 356 g/mol. The molecule has 1 heterocycles. The van der Waals surface area contributed by atoms with Crippen LogP contribution in [0.4, 0.5) is 11.4 Å². The molecular formula is C24H24N2O. The minimum atomic E-state index is 0.919. The van der Waals surface area contributed by atoms with Gasteiger partial charge >= 0.3 is 0 Å². The number of nitrogens with zero attached hydrogens (tertiary/aromatic N) is 2. The summed E-state index contributed by atoms with van der Waals surface area (Å²) in [5.41, 5.74) is 4.53. The van der Waals surface area contributed by atoms with Gasteiger partial charge in [-0.2, -0.15) is 0 Å². The lowest BCUT2D eigenvalue weighted by atomic mass is 10.0. The molecule has 0 unspecified atom stereocenters. The van der Waals surface area contributed by atoms with Crippen LogP contribution in [-0.2, 0) is 0 Å². The third-order valence-electron chi connectivity index (χ3n) is 4.91. The first-order chi connectivity index (χ1) is 13.0. The van der Waals surface area contributed by atoms with Crippen LogP contribution in [0.2, 0.25) is 0 Å². The molecular weight excluding hydrogens is 332 g/mol. The Morgan fingerprint density at radius 1 is 0.519 bits per heavy atom. The first-order valence-electron chi connectivity index (χ1n) is 9.11. The average molecular weight is 356 g/mol. The van der Waals surface area contributed by atoms with Crippen molar-refractivity contribution in [1.29, 1.82) is 0 Å². The molecule has 3 heteroatoms. The summed E-state index contributed by atoms with van der Waals surface area (Å²) in [7, 11) is 8.19. The fourth-order valence-electron chi connectivity index (χ4n) is 3.34. The van der Waals surface area contributed by atoms with Gasteiger partial charge in [0.05, 0.1) is 0 Å². The predicted octanol–water partition coefficient (Wildman–Crippen LogP) is 5.90. The third-order valence-corrected chi connectivity index (χ3v) is 4.91. The molecule has 136 valence electrons. The Morgan fingerprint density at radius 3 is 1.22 bits per heavy atom. The number of fused-ring (bicyclic) bond motifs is 1. The molecule has 3 nitrogen and oxygen atoms in total. The maximum Gasteiger partial charge on any atom is 0.142 e. The predicted molar refractivity (Wildman–Crippen MR) is 116 cm³/mol. The van der Waals surface area contributed by atoms with E-state index in [1.54, 1.807) is 0 Å². The van der Waals surface area contributed by atoms with Crippen LogP contribution in [0.1, 0.15) is 0 Å². The van der Waals surface area contributed by atoms with Gasteiger partial charge < -0.3 is 14.2 Å². The summed E-state index contributed by atoms with van der Waals surface area (Å²) in [6.07, 6.45) is 0. The highest BCUT2D eigenvalue weighted by atomic mass is 16.3. The molecule has 27 heavy (non-hydrogen) atoms. The van der Waals surface area contributed by atoms with E-state index in [1.165, 1.54) is 11.4 Å². The van der Waals surface area contributed by atoms with Crippen molar-refractivity contribution < 1.29 is 4.42 Å². The van der Waals surface area contributed by atoms with Crippen LogP contribution in [0.15, 0.2) is 77.2 Å². The van der Waals surface area contributed by atoms with Gasteiger partial charge in [0.25, 0.3) is 0 Å². The fraction of sp³-hybridized carbons (Fsp3) is 0.167. The van der Waals surface area contributed by atoms with E-state index in [2.05, 4.69) is 82.6 Å². The zero-order valence-corrected chi connectivity index (χ0v) is 16.2. The van der Waals surface area contributed by atoms with Gasteiger partial charge in [-0.15, -0.1) is 0 Å². The summed E-state index contributed by atoms with van der Waals surface area (Å²) in [5, 5.41) is 2.28. The Balaban J connectivity index is 1.84. The van der Waals surface area contributed by atoms with Crippen LogP contribution in [0.5, 0.6) is 0 Å². The van der Waals surface area contributed by atoms with E-state index in [1.807, 2.05) is 28.2 Å². The van der Waals surface area contributed by atoms with Gasteiger partial charge in [-0.05, 0) is 48.5 Å². The molecule has 3 aromatic carbocycles. The molecule has 4 rings (SSSR count). The molecule has 0 fully saturated rings. The van der Waals surface area contributed by atoms with E-state index in [0.29, 0.717) is 0 Å². The van der Waals surface area contributed by atoms with Crippen molar-refractivity contribution in [1.82, 2.24) is 0 Å². The van der Waals surface area contributed by atoms with Crippen LogP contribution in [-0.4, -0.2) is 28.2 Å². The standard InChI is InChI=1S/C24H24N2O/c1-25(2)19-13-9-17(10-14-19)23-21-7-5-6-8-22(21)24(27-23)18-11-15-20(16-12-18)26(3)4/h5-16H,1-4H3. The van der Waals surface area contributed by atoms with E-state index in [-0.39, 0.29) is 0 Å². The SMILES string of the molecule is CN(C)c1ccc(-c2oc(-c3ccc(N(C)C)cc3)c3ccccc23)cc1. The summed E-state index contributed by atoms with van der Waals surface area (Å²) in [4.78, 5) is 4.20. The van der Waals surface area contributed by atoms with Crippen LogP contribution < -0.4 is 9.80 Å². The summed E-state index contributed by atoms with van der Waals surface area (Å²) < 4.78 is 6.41. The fourth-order valence-corrected chi connectivity index (χ4v) is 3.34. The van der Waals surface area contributed by atoms with Crippen molar-refractivity contribution in [2.75, 3.05) is 38.0 Å². The Labute approximate surface area is 160 Å². The number of hydrogen-bond donors (Lipinski definition) is 0. The second-order valence-corrected chi connectivity index (χ2v) is 7.19. The van der Waals surface area contributed by atoms with Gasteiger partial charge in [0.1, 0.15) is 11.5 Å². The molecule has 0 aliphatic heterocycles. The summed E-state index contributed by atoms with van der Waals surface area (Å²) >= 11 is 0. The molecule has 0 N–H and O–H groups in total. The minimum absolute atomic E-state index is 0.919. The number of benzene rings is 3. The van der Waals surface area contributed by atoms with E-state index in [4.69, 9.17) is 4.42 Å². The van der Waals surface area contributed by atoms with E-state index < -0.39 is 0 Å². The molecule has 0 amide bonds. The Kier molecular flexibility index (Phi) is 4.36. The Morgan fingerprint density at radius 2 is 0.889 bits per heavy atom. The van der Waals surface area contributed by atoms with Gasteiger partial charge in [0, 0.05) is 61.5 Å². The molecule has 0 aliphatic carbocycles. The smallest absolute Gasteiger partial charge is 0.142 e. The molecule has 0 aliphatic rings. The second-order valence-electron chi connectivity index (χ2n) is 7.19. The van der Waals surface area contributed by atoms with Crippen molar-refractivity contribution in [3.05, 3.63) is 72.8 Å². The molecule has 0 atom stereocenters. The minimum Gasteiger partial charge on any atom is -0.455 e. The number of furan rings is 1. The molecule has 0 saturated heterocycles. The van der Waals surface area contributed by atoms with Crippen molar-refractivity contribution >= 4 is 22.1 Å². The van der Waals surface area contributed by atoms with Gasteiger partial charge in [0.2, 0.25) is 0 Å². The van der Waals surface area contributed by atoms with Crippen LogP contribution in [0.25, 0.3) is 33.4 Å². The van der Waals surface area contributed by atoms with E-state index in [9.17, 15) is 0 Å². The van der Waals surface area contributed by atoms with Crippen LogP contribution >= 0.6 is 0 Å². The maximum absolute atomic E-state index is 6.41. The van der Waals surface area contributed by atoms with E-state index in [0.717, 1.165) is 33.4 Å². The molecule has 0 bridgehead atoms. The average Bonchev–Trinajstić information content (AvgIpc) is 3.08. The summed E-state index contributed by atoms with van der Waals surface area (Å²) in [6.45, 7) is 0.